The minimum absolute atomic E-state index is 1.06. The zero-order chi connectivity index (χ0) is 9.84. The summed E-state index contributed by atoms with van der Waals surface area (Å²) in [5, 5.41) is 0. The molecule has 0 radical (unpaired) electrons. The van der Waals surface area contributed by atoms with E-state index in [1.54, 1.807) is 0 Å². The van der Waals surface area contributed by atoms with Crippen molar-refractivity contribution in [2.24, 2.45) is 0 Å². The molecule has 0 spiro atoms. The molecule has 1 nitrogen and oxygen atoms in total. The van der Waals surface area contributed by atoms with Crippen molar-refractivity contribution in [2.45, 2.75) is 20.8 Å². The van der Waals surface area contributed by atoms with Gasteiger partial charge in [-0.15, -0.1) is 0 Å². The SMILES string of the molecule is C=C/C(C)=C\c1ccc(C)nc1C. The monoisotopic (exact) mass is 173 g/mol. The highest BCUT2D eigenvalue weighted by atomic mass is 14.7. The lowest BCUT2D eigenvalue weighted by atomic mass is 10.1. The van der Waals surface area contributed by atoms with Gasteiger partial charge in [-0.25, -0.2) is 0 Å². The van der Waals surface area contributed by atoms with Crippen LogP contribution in [0.2, 0.25) is 0 Å². The van der Waals surface area contributed by atoms with E-state index in [4.69, 9.17) is 0 Å². The first-order valence-electron chi connectivity index (χ1n) is 4.38. The Morgan fingerprint density at radius 1 is 1.38 bits per heavy atom. The minimum Gasteiger partial charge on any atom is -0.258 e. The van der Waals surface area contributed by atoms with Crippen LogP contribution in [0.4, 0.5) is 0 Å². The maximum atomic E-state index is 4.38. The first-order valence-corrected chi connectivity index (χ1v) is 4.38. The molecule has 0 aliphatic rings. The zero-order valence-corrected chi connectivity index (χ0v) is 8.46. The van der Waals surface area contributed by atoms with Gasteiger partial charge in [-0.05, 0) is 32.4 Å². The molecule has 0 amide bonds. The maximum absolute atomic E-state index is 4.38. The fourth-order valence-electron chi connectivity index (χ4n) is 1.15. The van der Waals surface area contributed by atoms with Crippen molar-refractivity contribution in [3.63, 3.8) is 0 Å². The summed E-state index contributed by atoms with van der Waals surface area (Å²) in [6.45, 7) is 9.77. The molecule has 0 aliphatic carbocycles. The lowest BCUT2D eigenvalue weighted by Gasteiger charge is -2.01. The van der Waals surface area contributed by atoms with E-state index in [9.17, 15) is 0 Å². The van der Waals surface area contributed by atoms with Crippen molar-refractivity contribution in [1.82, 2.24) is 4.98 Å². The summed E-state index contributed by atoms with van der Waals surface area (Å²) in [6.07, 6.45) is 3.94. The molecule has 1 aromatic rings. The average Bonchev–Trinajstić information content (AvgIpc) is 2.09. The molecule has 0 bridgehead atoms. The molecule has 13 heavy (non-hydrogen) atoms. The largest absolute Gasteiger partial charge is 0.258 e. The summed E-state index contributed by atoms with van der Waals surface area (Å²) < 4.78 is 0. The molecule has 0 saturated carbocycles. The molecule has 1 heterocycles. The van der Waals surface area contributed by atoms with Crippen LogP contribution in [-0.2, 0) is 0 Å². The van der Waals surface area contributed by atoms with Crippen LogP contribution in [0.15, 0.2) is 30.4 Å². The number of aryl methyl sites for hydroxylation is 2. The molecular formula is C12H15N. The molecule has 0 aromatic carbocycles. The quantitative estimate of drug-likeness (QED) is 0.625. The predicted octanol–water partition coefficient (Wildman–Crippen LogP) is 3.29. The Hall–Kier alpha value is -1.37. The van der Waals surface area contributed by atoms with Gasteiger partial charge >= 0.3 is 0 Å². The van der Waals surface area contributed by atoms with Crippen molar-refractivity contribution < 1.29 is 0 Å². The zero-order valence-electron chi connectivity index (χ0n) is 8.46. The van der Waals surface area contributed by atoms with E-state index in [0.717, 1.165) is 17.0 Å². The molecule has 0 saturated heterocycles. The second-order valence-electron chi connectivity index (χ2n) is 3.22. The van der Waals surface area contributed by atoms with Crippen molar-refractivity contribution in [3.8, 4) is 0 Å². The Labute approximate surface area is 79.8 Å². The van der Waals surface area contributed by atoms with Gasteiger partial charge in [-0.1, -0.05) is 30.4 Å². The Balaban J connectivity index is 3.09. The Morgan fingerprint density at radius 2 is 2.08 bits per heavy atom. The maximum Gasteiger partial charge on any atom is 0.0448 e. The first kappa shape index (κ1) is 9.72. The van der Waals surface area contributed by atoms with Gasteiger partial charge in [-0.2, -0.15) is 0 Å². The van der Waals surface area contributed by atoms with Gasteiger partial charge in [0.15, 0.2) is 0 Å². The van der Waals surface area contributed by atoms with E-state index < -0.39 is 0 Å². The lowest BCUT2D eigenvalue weighted by Crippen LogP contribution is -1.89. The van der Waals surface area contributed by atoms with Crippen LogP contribution >= 0.6 is 0 Å². The fourth-order valence-corrected chi connectivity index (χ4v) is 1.15. The molecule has 1 heteroatoms. The van der Waals surface area contributed by atoms with Crippen molar-refractivity contribution in [2.75, 3.05) is 0 Å². The smallest absolute Gasteiger partial charge is 0.0448 e. The number of hydrogen-bond donors (Lipinski definition) is 0. The van der Waals surface area contributed by atoms with Crippen LogP contribution in [0.5, 0.6) is 0 Å². The molecule has 68 valence electrons. The number of pyridine rings is 1. The highest BCUT2D eigenvalue weighted by Crippen LogP contribution is 2.11. The van der Waals surface area contributed by atoms with Crippen LogP contribution < -0.4 is 0 Å². The van der Waals surface area contributed by atoms with Gasteiger partial charge in [-0.3, -0.25) is 4.98 Å². The first-order chi connectivity index (χ1) is 6.13. The van der Waals surface area contributed by atoms with Crippen LogP contribution in [0.25, 0.3) is 6.08 Å². The normalized spacial score (nSPS) is 11.5. The van der Waals surface area contributed by atoms with E-state index in [2.05, 4.69) is 23.7 Å². The topological polar surface area (TPSA) is 12.9 Å². The van der Waals surface area contributed by atoms with Crippen molar-refractivity contribution in [3.05, 3.63) is 47.3 Å². The number of nitrogens with zero attached hydrogens (tertiary/aromatic N) is 1. The lowest BCUT2D eigenvalue weighted by molar-refractivity contribution is 1.11. The third kappa shape index (κ3) is 2.55. The average molecular weight is 173 g/mol. The van der Waals surface area contributed by atoms with Gasteiger partial charge in [0.1, 0.15) is 0 Å². The second-order valence-corrected chi connectivity index (χ2v) is 3.22. The minimum atomic E-state index is 1.06. The Morgan fingerprint density at radius 3 is 2.62 bits per heavy atom. The molecule has 0 N–H and O–H groups in total. The van der Waals surface area contributed by atoms with Crippen LogP contribution in [0.1, 0.15) is 23.9 Å². The van der Waals surface area contributed by atoms with E-state index in [1.165, 1.54) is 5.56 Å². The Kier molecular flexibility index (Phi) is 3.02. The summed E-state index contributed by atoms with van der Waals surface area (Å²) in [4.78, 5) is 4.38. The van der Waals surface area contributed by atoms with E-state index in [0.29, 0.717) is 0 Å². The summed E-state index contributed by atoms with van der Waals surface area (Å²) in [6, 6.07) is 4.11. The van der Waals surface area contributed by atoms with E-state index in [1.807, 2.05) is 32.9 Å². The fraction of sp³-hybridized carbons (Fsp3) is 0.250. The number of rotatable bonds is 2. The third-order valence-electron chi connectivity index (χ3n) is 1.97. The summed E-state index contributed by atoms with van der Waals surface area (Å²) in [5.41, 5.74) is 4.46. The summed E-state index contributed by atoms with van der Waals surface area (Å²) >= 11 is 0. The van der Waals surface area contributed by atoms with Crippen LogP contribution in [-0.4, -0.2) is 4.98 Å². The van der Waals surface area contributed by atoms with E-state index >= 15 is 0 Å². The number of hydrogen-bond acceptors (Lipinski definition) is 1. The summed E-state index contributed by atoms with van der Waals surface area (Å²) in [7, 11) is 0. The van der Waals surface area contributed by atoms with Crippen molar-refractivity contribution in [1.29, 1.82) is 0 Å². The predicted molar refractivity (Wildman–Crippen MR) is 57.6 cm³/mol. The van der Waals surface area contributed by atoms with Gasteiger partial charge in [0, 0.05) is 11.4 Å². The van der Waals surface area contributed by atoms with Gasteiger partial charge in [0.05, 0.1) is 0 Å². The molecule has 0 aliphatic heterocycles. The third-order valence-corrected chi connectivity index (χ3v) is 1.97. The summed E-state index contributed by atoms with van der Waals surface area (Å²) in [5.74, 6) is 0. The molecule has 1 rings (SSSR count). The van der Waals surface area contributed by atoms with Gasteiger partial charge in [0.25, 0.3) is 0 Å². The van der Waals surface area contributed by atoms with Gasteiger partial charge in [0.2, 0.25) is 0 Å². The highest BCUT2D eigenvalue weighted by Gasteiger charge is 1.95. The van der Waals surface area contributed by atoms with Crippen molar-refractivity contribution >= 4 is 6.08 Å². The Bertz CT molecular complexity index is 348. The van der Waals surface area contributed by atoms with E-state index in [-0.39, 0.29) is 0 Å². The molecule has 0 fully saturated rings. The van der Waals surface area contributed by atoms with Crippen LogP contribution in [0, 0.1) is 13.8 Å². The molecular weight excluding hydrogens is 158 g/mol. The molecule has 0 atom stereocenters. The molecule has 0 unspecified atom stereocenters. The second kappa shape index (κ2) is 4.04. The standard InChI is InChI=1S/C12H15N/c1-5-9(2)8-12-7-6-10(3)13-11(12)4/h5-8H,1H2,2-4H3/b9-8-. The number of allylic oxidation sites excluding steroid dienone is 2. The van der Waals surface area contributed by atoms with Crippen LogP contribution in [0.3, 0.4) is 0 Å². The highest BCUT2D eigenvalue weighted by molar-refractivity contribution is 5.56. The van der Waals surface area contributed by atoms with Gasteiger partial charge < -0.3 is 0 Å². The number of aromatic nitrogens is 1. The molecule has 1 aromatic heterocycles.